The molecule has 3 aromatic rings. The lowest BCUT2D eigenvalue weighted by Crippen LogP contribution is -2.34. The fourth-order valence-corrected chi connectivity index (χ4v) is 4.58. The summed E-state index contributed by atoms with van der Waals surface area (Å²) in [6.45, 7) is 4.67. The van der Waals surface area contributed by atoms with E-state index in [0.29, 0.717) is 34.9 Å². The summed E-state index contributed by atoms with van der Waals surface area (Å²) in [4.78, 5) is 17.9. The van der Waals surface area contributed by atoms with Crippen LogP contribution in [0.2, 0.25) is 0 Å². The van der Waals surface area contributed by atoms with Crippen molar-refractivity contribution in [2.24, 2.45) is 5.92 Å². The number of carbonyl (C=O) groups excluding carboxylic acids is 1. The van der Waals surface area contributed by atoms with Gasteiger partial charge in [0.25, 0.3) is 0 Å². The average Bonchev–Trinajstić information content (AvgIpc) is 3.18. The van der Waals surface area contributed by atoms with Crippen molar-refractivity contribution in [2.75, 3.05) is 43.1 Å². The van der Waals surface area contributed by atoms with Crippen LogP contribution in [0, 0.1) is 5.92 Å². The zero-order chi connectivity index (χ0) is 20.1. The van der Waals surface area contributed by atoms with Crippen LogP contribution in [-0.2, 0) is 0 Å². The predicted octanol–water partition coefficient (Wildman–Crippen LogP) is 3.70. The zero-order valence-electron chi connectivity index (χ0n) is 16.8. The molecule has 1 N–H and O–H groups in total. The van der Waals surface area contributed by atoms with Crippen LogP contribution in [0.4, 0.5) is 11.4 Å². The van der Waals surface area contributed by atoms with Crippen LogP contribution in [0.5, 0.6) is 0 Å². The second kappa shape index (κ2) is 6.88. The van der Waals surface area contributed by atoms with Gasteiger partial charge in [0.15, 0.2) is 11.5 Å². The zero-order valence-corrected chi connectivity index (χ0v) is 16.8. The summed E-state index contributed by atoms with van der Waals surface area (Å²) >= 11 is 0. The molecule has 29 heavy (non-hydrogen) atoms. The lowest BCUT2D eigenvalue weighted by atomic mass is 9.85. The van der Waals surface area contributed by atoms with Crippen molar-refractivity contribution < 1.29 is 14.4 Å². The Bertz CT molecular complexity index is 1100. The molecule has 0 amide bonds. The van der Waals surface area contributed by atoms with Gasteiger partial charge in [0.2, 0.25) is 0 Å². The number of nitrogens with zero attached hydrogens (tertiary/aromatic N) is 3. The topological polar surface area (TPSA) is 69.8 Å². The van der Waals surface area contributed by atoms with Crippen LogP contribution in [0.15, 0.2) is 34.9 Å². The molecule has 1 aromatic heterocycles. The van der Waals surface area contributed by atoms with E-state index in [1.54, 1.807) is 0 Å². The lowest BCUT2D eigenvalue weighted by molar-refractivity contribution is 0.104. The van der Waals surface area contributed by atoms with E-state index < -0.39 is 0 Å². The van der Waals surface area contributed by atoms with E-state index in [1.807, 2.05) is 36.2 Å². The maximum Gasteiger partial charge on any atom is 0.196 e. The van der Waals surface area contributed by atoms with Crippen LogP contribution in [0.3, 0.4) is 0 Å². The minimum Gasteiger partial charge on any atom is -0.395 e. The highest BCUT2D eigenvalue weighted by atomic mass is 16.5. The Morgan fingerprint density at radius 1 is 1.24 bits per heavy atom. The summed E-state index contributed by atoms with van der Waals surface area (Å²) in [5.74, 6) is 1.40. The van der Waals surface area contributed by atoms with Crippen molar-refractivity contribution in [3.8, 4) is 11.3 Å². The van der Waals surface area contributed by atoms with Crippen LogP contribution >= 0.6 is 0 Å². The Morgan fingerprint density at radius 2 is 1.97 bits per heavy atom. The smallest absolute Gasteiger partial charge is 0.196 e. The molecule has 0 bridgehead atoms. The Balaban J connectivity index is 1.79. The number of aliphatic hydroxyl groups excluding tert-OH is 1. The summed E-state index contributed by atoms with van der Waals surface area (Å²) in [5.41, 5.74) is 4.68. The summed E-state index contributed by atoms with van der Waals surface area (Å²) < 4.78 is 5.79. The Labute approximate surface area is 169 Å². The SMILES string of the molecule is CC1CCN(c2cc(N(C)CCO)c3noc4c3c2C(=O)c2ccccc2-4)CC1. The quantitative estimate of drug-likeness (QED) is 0.572. The molecule has 1 fully saturated rings. The molecular formula is C23H25N3O3. The number of benzene rings is 2. The van der Waals surface area contributed by atoms with E-state index in [-0.39, 0.29) is 12.4 Å². The maximum atomic E-state index is 13.6. The molecule has 0 atom stereocenters. The highest BCUT2D eigenvalue weighted by Crippen LogP contribution is 2.46. The standard InChI is InChI=1S/C23H25N3O3/c1-14-7-9-26(10-8-14)17-13-18(25(2)11-12-27)21-20-19(17)22(28)15-5-3-4-6-16(15)23(20)29-24-21/h3-6,13-14,27H,7-12H2,1-2H3. The molecule has 2 aromatic carbocycles. The van der Waals surface area contributed by atoms with E-state index >= 15 is 0 Å². The molecule has 1 aliphatic heterocycles. The van der Waals surface area contributed by atoms with Crippen molar-refractivity contribution >= 4 is 28.1 Å². The molecule has 6 heteroatoms. The van der Waals surface area contributed by atoms with E-state index in [0.717, 1.165) is 48.3 Å². The number of ketones is 1. The third-order valence-electron chi connectivity index (χ3n) is 6.33. The largest absolute Gasteiger partial charge is 0.395 e. The van der Waals surface area contributed by atoms with Gasteiger partial charge in [0, 0.05) is 37.8 Å². The third kappa shape index (κ3) is 2.74. The minimum atomic E-state index is 0.0336. The van der Waals surface area contributed by atoms with E-state index in [1.165, 1.54) is 0 Å². The number of hydrogen-bond donors (Lipinski definition) is 1. The first-order valence-electron chi connectivity index (χ1n) is 10.3. The second-order valence-electron chi connectivity index (χ2n) is 8.21. The maximum absolute atomic E-state index is 13.6. The fraction of sp³-hybridized carbons (Fsp3) is 0.391. The summed E-state index contributed by atoms with van der Waals surface area (Å²) in [6.07, 6.45) is 2.22. The van der Waals surface area contributed by atoms with E-state index in [4.69, 9.17) is 4.52 Å². The third-order valence-corrected chi connectivity index (χ3v) is 6.33. The lowest BCUT2D eigenvalue weighted by Gasteiger charge is -2.35. The van der Waals surface area contributed by atoms with Gasteiger partial charge in [-0.3, -0.25) is 4.79 Å². The highest BCUT2D eigenvalue weighted by molar-refractivity contribution is 6.28. The fourth-order valence-electron chi connectivity index (χ4n) is 4.58. The molecule has 150 valence electrons. The number of hydrogen-bond acceptors (Lipinski definition) is 6. The number of aromatic nitrogens is 1. The number of carbonyl (C=O) groups is 1. The predicted molar refractivity (Wildman–Crippen MR) is 114 cm³/mol. The molecule has 0 radical (unpaired) electrons. The van der Waals surface area contributed by atoms with Crippen LogP contribution in [-0.4, -0.2) is 49.3 Å². The molecule has 6 nitrogen and oxygen atoms in total. The van der Waals surface area contributed by atoms with Gasteiger partial charge in [-0.05, 0) is 24.8 Å². The number of anilines is 2. The number of aliphatic hydroxyl groups is 1. The first-order valence-corrected chi connectivity index (χ1v) is 10.3. The number of rotatable bonds is 4. The van der Waals surface area contributed by atoms with E-state index in [9.17, 15) is 9.90 Å². The monoisotopic (exact) mass is 391 g/mol. The molecule has 1 saturated heterocycles. The van der Waals surface area contributed by atoms with Gasteiger partial charge in [-0.25, -0.2) is 0 Å². The first-order chi connectivity index (χ1) is 14.1. The van der Waals surface area contributed by atoms with Gasteiger partial charge in [-0.15, -0.1) is 0 Å². The van der Waals surface area contributed by atoms with Crippen molar-refractivity contribution in [1.82, 2.24) is 5.16 Å². The summed E-state index contributed by atoms with van der Waals surface area (Å²) in [6, 6.07) is 9.65. The minimum absolute atomic E-state index is 0.0336. The van der Waals surface area contributed by atoms with Crippen molar-refractivity contribution in [3.63, 3.8) is 0 Å². The molecule has 0 spiro atoms. The number of fused-ring (bicyclic) bond motifs is 2. The molecule has 2 aliphatic rings. The Kier molecular flexibility index (Phi) is 4.32. The van der Waals surface area contributed by atoms with E-state index in [2.05, 4.69) is 23.0 Å². The normalized spacial score (nSPS) is 16.4. The van der Waals surface area contributed by atoms with Gasteiger partial charge < -0.3 is 19.4 Å². The van der Waals surface area contributed by atoms with Crippen molar-refractivity contribution in [3.05, 3.63) is 41.5 Å². The van der Waals surface area contributed by atoms with Crippen LogP contribution in [0.1, 0.15) is 35.7 Å². The molecule has 0 unspecified atom stereocenters. The second-order valence-corrected chi connectivity index (χ2v) is 8.21. The molecular weight excluding hydrogens is 366 g/mol. The molecule has 5 rings (SSSR count). The number of likely N-dealkylation sites (N-methyl/N-ethyl adjacent to an activating group) is 1. The number of piperidine rings is 1. The van der Waals surface area contributed by atoms with Crippen molar-refractivity contribution in [1.29, 1.82) is 0 Å². The Morgan fingerprint density at radius 3 is 2.69 bits per heavy atom. The molecule has 1 aliphatic carbocycles. The Hall–Kier alpha value is -2.86. The first kappa shape index (κ1) is 18.2. The average molecular weight is 391 g/mol. The van der Waals surface area contributed by atoms with Crippen molar-refractivity contribution in [2.45, 2.75) is 19.8 Å². The van der Waals surface area contributed by atoms with Gasteiger partial charge in [0.1, 0.15) is 5.52 Å². The van der Waals surface area contributed by atoms with Gasteiger partial charge in [-0.1, -0.05) is 36.3 Å². The summed E-state index contributed by atoms with van der Waals surface area (Å²) in [5, 5.41) is 14.6. The molecule has 2 heterocycles. The van der Waals surface area contributed by atoms with Gasteiger partial charge in [-0.2, -0.15) is 0 Å². The van der Waals surface area contributed by atoms with Gasteiger partial charge >= 0.3 is 0 Å². The molecule has 0 saturated carbocycles. The highest BCUT2D eigenvalue weighted by Gasteiger charge is 2.35. The van der Waals surface area contributed by atoms with Gasteiger partial charge in [0.05, 0.1) is 28.9 Å². The van der Waals surface area contributed by atoms with Crippen LogP contribution in [0.25, 0.3) is 22.2 Å². The van der Waals surface area contributed by atoms with Crippen LogP contribution < -0.4 is 9.80 Å². The summed E-state index contributed by atoms with van der Waals surface area (Å²) in [7, 11) is 1.93.